The number of benzene rings is 1. The SMILES string of the molecule is CC(C)(C)C(=O)NCCCC#Cc1c(Cl)ccc2c1CCNCC2. The van der Waals surface area contributed by atoms with E-state index in [4.69, 9.17) is 11.6 Å². The molecule has 130 valence electrons. The number of rotatable bonds is 3. The van der Waals surface area contributed by atoms with E-state index in [-0.39, 0.29) is 11.3 Å². The zero-order valence-electron chi connectivity index (χ0n) is 14.9. The maximum absolute atomic E-state index is 11.8. The molecule has 1 aromatic carbocycles. The Bertz CT molecular complexity index is 650. The molecule has 0 aliphatic carbocycles. The first-order chi connectivity index (χ1) is 11.4. The van der Waals surface area contributed by atoms with Gasteiger partial charge < -0.3 is 10.6 Å². The van der Waals surface area contributed by atoms with Gasteiger partial charge in [0.05, 0.1) is 5.02 Å². The largest absolute Gasteiger partial charge is 0.356 e. The average Bonchev–Trinajstić information content (AvgIpc) is 2.76. The van der Waals surface area contributed by atoms with Gasteiger partial charge in [0.15, 0.2) is 0 Å². The van der Waals surface area contributed by atoms with Crippen molar-refractivity contribution in [3.05, 3.63) is 33.8 Å². The number of amides is 1. The fraction of sp³-hybridized carbons (Fsp3) is 0.550. The van der Waals surface area contributed by atoms with Gasteiger partial charge in [-0.1, -0.05) is 50.3 Å². The summed E-state index contributed by atoms with van der Waals surface area (Å²) in [5.74, 6) is 6.57. The van der Waals surface area contributed by atoms with E-state index in [2.05, 4.69) is 28.5 Å². The molecule has 1 amide bonds. The van der Waals surface area contributed by atoms with Crippen LogP contribution in [0.2, 0.25) is 5.02 Å². The number of unbranched alkanes of at least 4 members (excludes halogenated alkanes) is 1. The molecule has 1 aliphatic heterocycles. The number of hydrogen-bond acceptors (Lipinski definition) is 2. The number of carbonyl (C=O) groups excluding carboxylic acids is 1. The minimum atomic E-state index is -0.338. The summed E-state index contributed by atoms with van der Waals surface area (Å²) >= 11 is 6.37. The number of halogens is 1. The second-order valence-corrected chi connectivity index (χ2v) is 7.63. The van der Waals surface area contributed by atoms with Crippen molar-refractivity contribution < 1.29 is 4.79 Å². The summed E-state index contributed by atoms with van der Waals surface area (Å²) in [6, 6.07) is 4.08. The first-order valence-electron chi connectivity index (χ1n) is 8.68. The van der Waals surface area contributed by atoms with Crippen LogP contribution in [0.25, 0.3) is 0 Å². The van der Waals surface area contributed by atoms with E-state index in [1.165, 1.54) is 11.1 Å². The van der Waals surface area contributed by atoms with Gasteiger partial charge in [-0.05, 0) is 49.5 Å². The Labute approximate surface area is 150 Å². The number of carbonyl (C=O) groups is 1. The van der Waals surface area contributed by atoms with Gasteiger partial charge in [0.25, 0.3) is 0 Å². The van der Waals surface area contributed by atoms with E-state index < -0.39 is 0 Å². The predicted molar refractivity (Wildman–Crippen MR) is 100 cm³/mol. The van der Waals surface area contributed by atoms with Crippen LogP contribution in [0.4, 0.5) is 0 Å². The van der Waals surface area contributed by atoms with Gasteiger partial charge >= 0.3 is 0 Å². The lowest BCUT2D eigenvalue weighted by Crippen LogP contribution is -2.35. The number of nitrogens with one attached hydrogen (secondary N) is 2. The lowest BCUT2D eigenvalue weighted by Gasteiger charge is -2.17. The van der Waals surface area contributed by atoms with Crippen LogP contribution >= 0.6 is 11.6 Å². The maximum atomic E-state index is 11.8. The number of hydrogen-bond donors (Lipinski definition) is 2. The van der Waals surface area contributed by atoms with Crippen LogP contribution in [0.1, 0.15) is 50.3 Å². The molecule has 0 atom stereocenters. The fourth-order valence-corrected chi connectivity index (χ4v) is 2.90. The number of fused-ring (bicyclic) bond motifs is 1. The Hall–Kier alpha value is -1.50. The van der Waals surface area contributed by atoms with Crippen LogP contribution in [0, 0.1) is 17.3 Å². The molecule has 2 N–H and O–H groups in total. The molecular formula is C20H27ClN2O. The molecule has 0 saturated heterocycles. The van der Waals surface area contributed by atoms with Crippen LogP contribution in [0.3, 0.4) is 0 Å². The highest BCUT2D eigenvalue weighted by atomic mass is 35.5. The fourth-order valence-electron chi connectivity index (χ4n) is 2.67. The standard InChI is InChI=1S/C20H27ClN2O/c1-20(2,3)19(24)23-12-6-4-5-7-17-16-11-14-22-13-10-15(16)8-9-18(17)21/h8-9,22H,4,6,10-14H2,1-3H3,(H,23,24). The molecule has 0 radical (unpaired) electrons. The summed E-state index contributed by atoms with van der Waals surface area (Å²) in [5.41, 5.74) is 3.29. The Balaban J connectivity index is 1.93. The summed E-state index contributed by atoms with van der Waals surface area (Å²) in [6.45, 7) is 8.39. The quantitative estimate of drug-likeness (QED) is 0.651. The Morgan fingerprint density at radius 1 is 1.29 bits per heavy atom. The van der Waals surface area contributed by atoms with Gasteiger partial charge in [0, 0.05) is 23.9 Å². The van der Waals surface area contributed by atoms with Crippen LogP contribution in [-0.4, -0.2) is 25.5 Å². The minimum absolute atomic E-state index is 0.0828. The molecule has 0 aromatic heterocycles. The highest BCUT2D eigenvalue weighted by Crippen LogP contribution is 2.25. The van der Waals surface area contributed by atoms with Crippen molar-refractivity contribution in [1.29, 1.82) is 0 Å². The first kappa shape index (κ1) is 18.8. The molecule has 0 saturated carbocycles. The van der Waals surface area contributed by atoms with Gasteiger partial charge in [0.2, 0.25) is 5.91 Å². The summed E-state index contributed by atoms with van der Waals surface area (Å²) in [6.07, 6.45) is 3.60. The van der Waals surface area contributed by atoms with Crippen molar-refractivity contribution in [2.24, 2.45) is 5.41 Å². The molecule has 2 rings (SSSR count). The summed E-state index contributed by atoms with van der Waals surface area (Å²) in [7, 11) is 0. The molecule has 4 heteroatoms. The third kappa shape index (κ3) is 5.26. The molecule has 0 fully saturated rings. The molecule has 24 heavy (non-hydrogen) atoms. The van der Waals surface area contributed by atoms with Gasteiger partial charge in [-0.2, -0.15) is 0 Å². The topological polar surface area (TPSA) is 41.1 Å². The van der Waals surface area contributed by atoms with E-state index >= 15 is 0 Å². The summed E-state index contributed by atoms with van der Waals surface area (Å²) in [5, 5.41) is 7.11. The van der Waals surface area contributed by atoms with E-state index in [0.29, 0.717) is 6.54 Å². The zero-order valence-corrected chi connectivity index (χ0v) is 15.6. The second-order valence-electron chi connectivity index (χ2n) is 7.22. The van der Waals surface area contributed by atoms with Crippen molar-refractivity contribution in [3.63, 3.8) is 0 Å². The van der Waals surface area contributed by atoms with Gasteiger partial charge in [-0.25, -0.2) is 0 Å². The van der Waals surface area contributed by atoms with Crippen molar-refractivity contribution in [3.8, 4) is 11.8 Å². The third-order valence-electron chi connectivity index (χ3n) is 4.14. The Morgan fingerprint density at radius 2 is 2.04 bits per heavy atom. The molecule has 3 nitrogen and oxygen atoms in total. The van der Waals surface area contributed by atoms with E-state index in [1.54, 1.807) is 0 Å². The molecule has 1 heterocycles. The maximum Gasteiger partial charge on any atom is 0.225 e. The average molecular weight is 347 g/mol. The summed E-state index contributed by atoms with van der Waals surface area (Å²) in [4.78, 5) is 11.8. The highest BCUT2D eigenvalue weighted by molar-refractivity contribution is 6.31. The van der Waals surface area contributed by atoms with Crippen molar-refractivity contribution in [1.82, 2.24) is 10.6 Å². The molecule has 0 spiro atoms. The van der Waals surface area contributed by atoms with Crippen molar-refractivity contribution in [2.45, 2.75) is 46.5 Å². The van der Waals surface area contributed by atoms with Crippen LogP contribution < -0.4 is 10.6 Å². The smallest absolute Gasteiger partial charge is 0.225 e. The first-order valence-corrected chi connectivity index (χ1v) is 9.05. The van der Waals surface area contributed by atoms with Crippen molar-refractivity contribution in [2.75, 3.05) is 19.6 Å². The summed E-state index contributed by atoms with van der Waals surface area (Å²) < 4.78 is 0. The third-order valence-corrected chi connectivity index (χ3v) is 4.46. The van der Waals surface area contributed by atoms with Crippen molar-refractivity contribution >= 4 is 17.5 Å². The monoisotopic (exact) mass is 346 g/mol. The van der Waals surface area contributed by atoms with Gasteiger partial charge in [0.1, 0.15) is 0 Å². The van der Waals surface area contributed by atoms with E-state index in [9.17, 15) is 4.79 Å². The minimum Gasteiger partial charge on any atom is -0.356 e. The zero-order chi connectivity index (χ0) is 17.6. The molecule has 1 aromatic rings. The van der Waals surface area contributed by atoms with Crippen LogP contribution in [0.5, 0.6) is 0 Å². The van der Waals surface area contributed by atoms with Gasteiger partial charge in [-0.3, -0.25) is 4.79 Å². The van der Waals surface area contributed by atoms with Crippen LogP contribution in [0.15, 0.2) is 12.1 Å². The van der Waals surface area contributed by atoms with E-state index in [0.717, 1.165) is 49.4 Å². The highest BCUT2D eigenvalue weighted by Gasteiger charge is 2.20. The molecule has 0 unspecified atom stereocenters. The lowest BCUT2D eigenvalue weighted by molar-refractivity contribution is -0.128. The lowest BCUT2D eigenvalue weighted by atomic mass is 9.96. The molecule has 1 aliphatic rings. The van der Waals surface area contributed by atoms with E-state index in [1.807, 2.05) is 26.8 Å². The molecular weight excluding hydrogens is 320 g/mol. The normalized spacial score (nSPS) is 14.2. The molecule has 0 bridgehead atoms. The van der Waals surface area contributed by atoms with Crippen LogP contribution in [-0.2, 0) is 17.6 Å². The predicted octanol–water partition coefficient (Wildman–Crippen LogP) is 3.32. The second kappa shape index (κ2) is 8.55. The Kier molecular flexibility index (Phi) is 6.71. The van der Waals surface area contributed by atoms with Gasteiger partial charge in [-0.15, -0.1) is 0 Å². The Morgan fingerprint density at radius 3 is 2.79 bits per heavy atom.